The average molecular weight is 376 g/mol. The second-order valence-corrected chi connectivity index (χ2v) is 6.57. The summed E-state index contributed by atoms with van der Waals surface area (Å²) >= 11 is 0. The van der Waals surface area contributed by atoms with Gasteiger partial charge in [0, 0.05) is 19.0 Å². The van der Waals surface area contributed by atoms with E-state index in [1.165, 1.54) is 6.08 Å². The lowest BCUT2D eigenvalue weighted by Crippen LogP contribution is -2.44. The number of nitrogens with zero attached hydrogens (tertiary/aromatic N) is 1. The van der Waals surface area contributed by atoms with Crippen molar-refractivity contribution in [3.8, 4) is 0 Å². The van der Waals surface area contributed by atoms with E-state index in [0.29, 0.717) is 6.54 Å². The zero-order valence-electron chi connectivity index (χ0n) is 15.8. The van der Waals surface area contributed by atoms with E-state index in [-0.39, 0.29) is 11.8 Å². The highest BCUT2D eigenvalue weighted by Crippen LogP contribution is 2.11. The molecule has 0 radical (unpaired) electrons. The molecular formula is C22H24N4O2. The second kappa shape index (κ2) is 9.50. The quantitative estimate of drug-likeness (QED) is 0.417. The standard InChI is InChI=1S/C22H24N4O2/c1-16(24-21(27)14-13-17-8-3-2-4-9-17)22(28)23-15-7-12-20-25-18-10-5-6-11-19(18)26-20/h2-6,8-11,13-14,16H,7,12,15H2,1H3,(H,23,28)(H,24,27)(H,25,26)/b14-13+. The van der Waals surface area contributed by atoms with Crippen LogP contribution in [0.15, 0.2) is 60.7 Å². The molecule has 3 rings (SSSR count). The number of fused-ring (bicyclic) bond motifs is 1. The number of aromatic amines is 1. The van der Waals surface area contributed by atoms with Gasteiger partial charge in [-0.2, -0.15) is 0 Å². The third kappa shape index (κ3) is 5.54. The van der Waals surface area contributed by atoms with E-state index in [4.69, 9.17) is 0 Å². The number of carbonyl (C=O) groups is 2. The number of para-hydroxylation sites is 2. The SMILES string of the molecule is CC(NC(=O)/C=C/c1ccccc1)C(=O)NCCCc1nc2ccccc2[nH]1. The largest absolute Gasteiger partial charge is 0.354 e. The predicted molar refractivity (Wildman–Crippen MR) is 111 cm³/mol. The van der Waals surface area contributed by atoms with Crippen molar-refractivity contribution < 1.29 is 9.59 Å². The predicted octanol–water partition coefficient (Wildman–Crippen LogP) is 2.83. The molecule has 2 aromatic carbocycles. The van der Waals surface area contributed by atoms with Gasteiger partial charge in [0.05, 0.1) is 11.0 Å². The molecule has 144 valence electrons. The number of hydrogen-bond donors (Lipinski definition) is 3. The lowest BCUT2D eigenvalue weighted by atomic mass is 10.2. The first-order valence-corrected chi connectivity index (χ1v) is 9.37. The van der Waals surface area contributed by atoms with Gasteiger partial charge in [-0.25, -0.2) is 4.98 Å². The van der Waals surface area contributed by atoms with Gasteiger partial charge in [0.15, 0.2) is 0 Å². The van der Waals surface area contributed by atoms with Gasteiger partial charge in [-0.3, -0.25) is 9.59 Å². The van der Waals surface area contributed by atoms with E-state index < -0.39 is 6.04 Å². The smallest absolute Gasteiger partial charge is 0.244 e. The molecule has 0 aliphatic rings. The Hall–Kier alpha value is -3.41. The minimum Gasteiger partial charge on any atom is -0.354 e. The molecule has 1 heterocycles. The molecule has 0 saturated heterocycles. The molecule has 3 aromatic rings. The minimum absolute atomic E-state index is 0.203. The number of aromatic nitrogens is 2. The van der Waals surface area contributed by atoms with Crippen molar-refractivity contribution >= 4 is 28.9 Å². The van der Waals surface area contributed by atoms with E-state index in [2.05, 4.69) is 20.6 Å². The summed E-state index contributed by atoms with van der Waals surface area (Å²) in [5.74, 6) is 0.405. The van der Waals surface area contributed by atoms with Gasteiger partial charge in [0.1, 0.15) is 11.9 Å². The fourth-order valence-corrected chi connectivity index (χ4v) is 2.81. The van der Waals surface area contributed by atoms with Gasteiger partial charge in [0.25, 0.3) is 0 Å². The Morgan fingerprint density at radius 3 is 2.64 bits per heavy atom. The molecule has 6 heteroatoms. The molecule has 0 aliphatic carbocycles. The fraction of sp³-hybridized carbons (Fsp3) is 0.227. The molecule has 1 atom stereocenters. The fourth-order valence-electron chi connectivity index (χ4n) is 2.81. The van der Waals surface area contributed by atoms with Crippen molar-refractivity contribution in [2.75, 3.05) is 6.54 Å². The molecule has 2 amide bonds. The maximum Gasteiger partial charge on any atom is 0.244 e. The molecule has 28 heavy (non-hydrogen) atoms. The normalized spacial score (nSPS) is 12.2. The van der Waals surface area contributed by atoms with Crippen LogP contribution in [0.2, 0.25) is 0 Å². The maximum absolute atomic E-state index is 12.1. The van der Waals surface area contributed by atoms with Crippen LogP contribution in [0.3, 0.4) is 0 Å². The number of benzene rings is 2. The number of amides is 2. The van der Waals surface area contributed by atoms with E-state index in [9.17, 15) is 9.59 Å². The Labute approximate surface area is 164 Å². The average Bonchev–Trinajstić information content (AvgIpc) is 3.13. The summed E-state index contributed by atoms with van der Waals surface area (Å²) in [5.41, 5.74) is 2.89. The van der Waals surface area contributed by atoms with Crippen molar-refractivity contribution in [3.63, 3.8) is 0 Å². The van der Waals surface area contributed by atoms with Gasteiger partial charge in [0.2, 0.25) is 11.8 Å². The van der Waals surface area contributed by atoms with Crippen molar-refractivity contribution in [1.29, 1.82) is 0 Å². The van der Waals surface area contributed by atoms with Crippen molar-refractivity contribution in [2.45, 2.75) is 25.8 Å². The summed E-state index contributed by atoms with van der Waals surface area (Å²) in [5, 5.41) is 5.52. The summed E-state index contributed by atoms with van der Waals surface area (Å²) in [6, 6.07) is 16.8. The number of carbonyl (C=O) groups excluding carboxylic acids is 2. The highest BCUT2D eigenvalue weighted by Gasteiger charge is 2.13. The molecule has 0 spiro atoms. The van der Waals surface area contributed by atoms with E-state index in [1.807, 2.05) is 54.6 Å². The summed E-state index contributed by atoms with van der Waals surface area (Å²) in [7, 11) is 0. The Morgan fingerprint density at radius 1 is 1.11 bits per heavy atom. The first kappa shape index (κ1) is 19.4. The molecule has 0 fully saturated rings. The van der Waals surface area contributed by atoms with Crippen LogP contribution in [-0.4, -0.2) is 34.4 Å². The minimum atomic E-state index is -0.598. The molecule has 0 saturated carbocycles. The highest BCUT2D eigenvalue weighted by molar-refractivity contribution is 5.95. The van der Waals surface area contributed by atoms with Gasteiger partial charge >= 0.3 is 0 Å². The van der Waals surface area contributed by atoms with Crippen molar-refractivity contribution in [2.24, 2.45) is 0 Å². The summed E-state index contributed by atoms with van der Waals surface area (Å²) in [4.78, 5) is 31.9. The van der Waals surface area contributed by atoms with Crippen LogP contribution >= 0.6 is 0 Å². The van der Waals surface area contributed by atoms with E-state index in [1.54, 1.807) is 13.0 Å². The first-order chi connectivity index (χ1) is 13.6. The van der Waals surface area contributed by atoms with Crippen molar-refractivity contribution in [1.82, 2.24) is 20.6 Å². The molecule has 1 aromatic heterocycles. The first-order valence-electron chi connectivity index (χ1n) is 9.37. The van der Waals surface area contributed by atoms with Gasteiger partial charge in [-0.15, -0.1) is 0 Å². The van der Waals surface area contributed by atoms with Crippen LogP contribution in [0.4, 0.5) is 0 Å². The number of aryl methyl sites for hydroxylation is 1. The third-order valence-electron chi connectivity index (χ3n) is 4.31. The maximum atomic E-state index is 12.1. The van der Waals surface area contributed by atoms with Gasteiger partial charge in [-0.1, -0.05) is 42.5 Å². The van der Waals surface area contributed by atoms with Crippen LogP contribution < -0.4 is 10.6 Å². The molecule has 0 bridgehead atoms. The van der Waals surface area contributed by atoms with E-state index >= 15 is 0 Å². The summed E-state index contributed by atoms with van der Waals surface area (Å²) in [6.45, 7) is 2.19. The monoisotopic (exact) mass is 376 g/mol. The van der Waals surface area contributed by atoms with Crippen LogP contribution in [-0.2, 0) is 16.0 Å². The lowest BCUT2D eigenvalue weighted by Gasteiger charge is -2.12. The van der Waals surface area contributed by atoms with Gasteiger partial charge in [-0.05, 0) is 37.1 Å². The van der Waals surface area contributed by atoms with Crippen LogP contribution in [0.1, 0.15) is 24.7 Å². The Bertz CT molecular complexity index is 930. The molecule has 6 nitrogen and oxygen atoms in total. The Morgan fingerprint density at radius 2 is 1.86 bits per heavy atom. The zero-order chi connectivity index (χ0) is 19.8. The Balaban J connectivity index is 1.38. The number of nitrogens with one attached hydrogen (secondary N) is 3. The number of hydrogen-bond acceptors (Lipinski definition) is 3. The summed E-state index contributed by atoms with van der Waals surface area (Å²) < 4.78 is 0. The zero-order valence-corrected chi connectivity index (χ0v) is 15.8. The van der Waals surface area contributed by atoms with Gasteiger partial charge < -0.3 is 15.6 Å². The number of imidazole rings is 1. The molecule has 0 aliphatic heterocycles. The second-order valence-electron chi connectivity index (χ2n) is 6.57. The van der Waals surface area contributed by atoms with Crippen molar-refractivity contribution in [3.05, 3.63) is 72.1 Å². The topological polar surface area (TPSA) is 86.9 Å². The number of rotatable bonds is 8. The van der Waals surface area contributed by atoms with Crippen LogP contribution in [0.5, 0.6) is 0 Å². The molecule has 3 N–H and O–H groups in total. The highest BCUT2D eigenvalue weighted by atomic mass is 16.2. The lowest BCUT2D eigenvalue weighted by molar-refractivity contribution is -0.126. The Kier molecular flexibility index (Phi) is 6.57. The van der Waals surface area contributed by atoms with Crippen LogP contribution in [0, 0.1) is 0 Å². The third-order valence-corrected chi connectivity index (χ3v) is 4.31. The summed E-state index contributed by atoms with van der Waals surface area (Å²) in [6.07, 6.45) is 4.66. The van der Waals surface area contributed by atoms with Crippen LogP contribution in [0.25, 0.3) is 17.1 Å². The number of H-pyrrole nitrogens is 1. The van der Waals surface area contributed by atoms with E-state index in [0.717, 1.165) is 35.3 Å². The molecule has 1 unspecified atom stereocenters. The molecular weight excluding hydrogens is 352 g/mol.